The minimum absolute atomic E-state index is 0.123. The van der Waals surface area contributed by atoms with Gasteiger partial charge in [-0.3, -0.25) is 10.1 Å². The second kappa shape index (κ2) is 8.72. The Morgan fingerprint density at radius 1 is 0.793 bits per heavy atom. The molecule has 0 unspecified atom stereocenters. The molecule has 0 heterocycles. The Hall–Kier alpha value is -3.42. The second-order valence-electron chi connectivity index (χ2n) is 5.65. The first-order valence-corrected chi connectivity index (χ1v) is 8.83. The number of hydrogen-bond donors (Lipinski definition) is 0. The number of rotatable bonds is 5. The van der Waals surface area contributed by atoms with Crippen molar-refractivity contribution in [3.05, 3.63) is 98.0 Å². The largest absolute Gasteiger partial charge is 0.423 e. The number of nitrogens with zero attached hydrogens (tertiary/aromatic N) is 1. The van der Waals surface area contributed by atoms with E-state index in [0.29, 0.717) is 5.02 Å². The fourth-order valence-corrected chi connectivity index (χ4v) is 2.85. The Balaban J connectivity index is 1.70. The molecule has 0 fully saturated rings. The van der Waals surface area contributed by atoms with E-state index in [1.54, 1.807) is 0 Å². The van der Waals surface area contributed by atoms with Crippen molar-refractivity contribution in [1.82, 2.24) is 0 Å². The van der Waals surface area contributed by atoms with E-state index in [4.69, 9.17) is 32.7 Å². The summed E-state index contributed by atoms with van der Waals surface area (Å²) >= 11 is 11.8. The summed E-state index contributed by atoms with van der Waals surface area (Å²) in [4.78, 5) is 34.8. The number of halogens is 2. The summed E-state index contributed by atoms with van der Waals surface area (Å²) in [5, 5.41) is 11.6. The summed E-state index contributed by atoms with van der Waals surface area (Å²) in [6.07, 6.45) is 0. The van der Waals surface area contributed by atoms with Gasteiger partial charge < -0.3 is 9.47 Å². The average molecular weight is 432 g/mol. The van der Waals surface area contributed by atoms with Gasteiger partial charge in [0.2, 0.25) is 0 Å². The van der Waals surface area contributed by atoms with Gasteiger partial charge in [0.25, 0.3) is 5.69 Å². The monoisotopic (exact) mass is 431 g/mol. The molecule has 29 heavy (non-hydrogen) atoms. The summed E-state index contributed by atoms with van der Waals surface area (Å²) in [5.74, 6) is -1.25. The van der Waals surface area contributed by atoms with E-state index in [-0.39, 0.29) is 33.3 Å². The summed E-state index contributed by atoms with van der Waals surface area (Å²) in [7, 11) is 0. The quantitative estimate of drug-likeness (QED) is 0.234. The lowest BCUT2D eigenvalue weighted by atomic mass is 10.2. The van der Waals surface area contributed by atoms with Crippen molar-refractivity contribution in [3.63, 3.8) is 0 Å². The van der Waals surface area contributed by atoms with Gasteiger partial charge >= 0.3 is 11.9 Å². The van der Waals surface area contributed by atoms with Crippen LogP contribution in [-0.2, 0) is 0 Å². The summed E-state index contributed by atoms with van der Waals surface area (Å²) in [5.41, 5.74) is -0.392. The topological polar surface area (TPSA) is 95.7 Å². The first-order chi connectivity index (χ1) is 13.8. The Morgan fingerprint density at radius 3 is 1.90 bits per heavy atom. The zero-order valence-electron chi connectivity index (χ0n) is 14.5. The van der Waals surface area contributed by atoms with Crippen molar-refractivity contribution >= 4 is 40.8 Å². The second-order valence-corrected chi connectivity index (χ2v) is 6.49. The van der Waals surface area contributed by atoms with Gasteiger partial charge in [0.15, 0.2) is 0 Å². The van der Waals surface area contributed by atoms with Gasteiger partial charge in [0.05, 0.1) is 15.5 Å². The number of hydrogen-bond acceptors (Lipinski definition) is 6. The van der Waals surface area contributed by atoms with Crippen LogP contribution in [0.4, 0.5) is 5.69 Å². The van der Waals surface area contributed by atoms with Gasteiger partial charge in [-0.05, 0) is 48.5 Å². The highest BCUT2D eigenvalue weighted by Gasteiger charge is 2.21. The van der Waals surface area contributed by atoms with E-state index in [1.165, 1.54) is 66.7 Å². The van der Waals surface area contributed by atoms with Gasteiger partial charge in [0, 0.05) is 11.1 Å². The zero-order valence-corrected chi connectivity index (χ0v) is 16.0. The summed E-state index contributed by atoms with van der Waals surface area (Å²) < 4.78 is 10.4. The smallest absolute Gasteiger partial charge is 0.350 e. The van der Waals surface area contributed by atoms with E-state index >= 15 is 0 Å². The van der Waals surface area contributed by atoms with Crippen LogP contribution in [-0.4, -0.2) is 16.9 Å². The number of ether oxygens (including phenoxy) is 2. The number of nitro groups is 1. The van der Waals surface area contributed by atoms with Gasteiger partial charge in [-0.1, -0.05) is 35.3 Å². The van der Waals surface area contributed by atoms with Crippen LogP contribution < -0.4 is 9.47 Å². The maximum atomic E-state index is 12.2. The molecule has 0 bridgehead atoms. The van der Waals surface area contributed by atoms with Crippen LogP contribution in [0.3, 0.4) is 0 Å². The van der Waals surface area contributed by atoms with E-state index in [2.05, 4.69) is 0 Å². The van der Waals surface area contributed by atoms with Crippen molar-refractivity contribution in [1.29, 1.82) is 0 Å². The minimum atomic E-state index is -0.880. The molecular formula is C20H11Cl2NO6. The lowest BCUT2D eigenvalue weighted by Gasteiger charge is -2.08. The highest BCUT2D eigenvalue weighted by molar-refractivity contribution is 6.36. The third-order valence-electron chi connectivity index (χ3n) is 3.72. The number of carbonyl (C=O) groups excluding carboxylic acids is 2. The van der Waals surface area contributed by atoms with Crippen molar-refractivity contribution in [2.45, 2.75) is 0 Å². The van der Waals surface area contributed by atoms with E-state index in [9.17, 15) is 19.7 Å². The van der Waals surface area contributed by atoms with Crippen LogP contribution in [0.5, 0.6) is 11.5 Å². The van der Waals surface area contributed by atoms with Crippen LogP contribution in [0.25, 0.3) is 0 Å². The fraction of sp³-hybridized carbons (Fsp3) is 0. The molecule has 0 saturated heterocycles. The molecule has 3 aromatic carbocycles. The molecule has 146 valence electrons. The molecule has 7 nitrogen and oxygen atoms in total. The van der Waals surface area contributed by atoms with Gasteiger partial charge in [-0.15, -0.1) is 0 Å². The molecule has 9 heteroatoms. The van der Waals surface area contributed by atoms with Crippen LogP contribution in [0, 0.1) is 10.1 Å². The van der Waals surface area contributed by atoms with E-state index < -0.39 is 16.9 Å². The Labute approximate surface area is 174 Å². The number of para-hydroxylation sites is 1. The molecule has 3 aromatic rings. The molecule has 0 aliphatic rings. The highest BCUT2D eigenvalue weighted by Crippen LogP contribution is 2.25. The maximum absolute atomic E-state index is 12.2. The molecule has 0 amide bonds. The molecule has 0 radical (unpaired) electrons. The van der Waals surface area contributed by atoms with Crippen molar-refractivity contribution in [2.24, 2.45) is 0 Å². The molecule has 0 aliphatic carbocycles. The first-order valence-electron chi connectivity index (χ1n) is 8.08. The lowest BCUT2D eigenvalue weighted by molar-refractivity contribution is -0.385. The van der Waals surface area contributed by atoms with Gasteiger partial charge in [-0.2, -0.15) is 0 Å². The zero-order chi connectivity index (χ0) is 21.0. The van der Waals surface area contributed by atoms with Crippen LogP contribution in [0.2, 0.25) is 10.0 Å². The highest BCUT2D eigenvalue weighted by atomic mass is 35.5. The van der Waals surface area contributed by atoms with Crippen molar-refractivity contribution in [2.75, 3.05) is 0 Å². The van der Waals surface area contributed by atoms with Gasteiger partial charge in [0.1, 0.15) is 17.1 Å². The minimum Gasteiger partial charge on any atom is -0.423 e. The van der Waals surface area contributed by atoms with Crippen LogP contribution in [0.15, 0.2) is 66.7 Å². The van der Waals surface area contributed by atoms with Crippen LogP contribution in [0.1, 0.15) is 20.7 Å². The maximum Gasteiger partial charge on any atom is 0.350 e. The standard InChI is InChI=1S/C20H11Cl2NO6/c21-12-5-10-15(17(22)11-12)19(24)28-13-6-8-14(9-7-13)29-20(25)16-3-1-2-4-18(16)23(26)27/h1-11H. The summed E-state index contributed by atoms with van der Waals surface area (Å²) in [6.45, 7) is 0. The Bertz CT molecular complexity index is 1100. The third kappa shape index (κ3) is 4.90. The average Bonchev–Trinajstić information content (AvgIpc) is 2.69. The number of nitro benzene ring substituents is 1. The normalized spacial score (nSPS) is 10.3. The SMILES string of the molecule is O=C(Oc1ccc(OC(=O)c2ccccc2[N+](=O)[O-])cc1)c1ccc(Cl)cc1Cl. The molecule has 0 saturated carbocycles. The number of benzene rings is 3. The molecule has 0 aliphatic heterocycles. The van der Waals surface area contributed by atoms with Crippen molar-refractivity contribution < 1.29 is 24.0 Å². The fourth-order valence-electron chi connectivity index (χ4n) is 2.36. The Morgan fingerprint density at radius 2 is 1.34 bits per heavy atom. The van der Waals surface area contributed by atoms with Gasteiger partial charge in [-0.25, -0.2) is 9.59 Å². The molecule has 0 aromatic heterocycles. The molecule has 0 N–H and O–H groups in total. The van der Waals surface area contributed by atoms with Crippen LogP contribution >= 0.6 is 23.2 Å². The summed E-state index contributed by atoms with van der Waals surface area (Å²) in [6, 6.07) is 15.4. The first kappa shape index (κ1) is 20.3. The van der Waals surface area contributed by atoms with E-state index in [0.717, 1.165) is 0 Å². The number of carbonyl (C=O) groups is 2. The molecule has 0 spiro atoms. The molecule has 0 atom stereocenters. The predicted molar refractivity (Wildman–Crippen MR) is 106 cm³/mol. The third-order valence-corrected chi connectivity index (χ3v) is 4.26. The van der Waals surface area contributed by atoms with E-state index in [1.807, 2.05) is 0 Å². The van der Waals surface area contributed by atoms with Crippen molar-refractivity contribution in [3.8, 4) is 11.5 Å². The Kier molecular flexibility index (Phi) is 6.11. The number of esters is 2. The lowest BCUT2D eigenvalue weighted by Crippen LogP contribution is -2.11. The molecular weight excluding hydrogens is 421 g/mol. The predicted octanol–water partition coefficient (Wildman–Crippen LogP) is 5.34. The molecule has 3 rings (SSSR count).